The highest BCUT2D eigenvalue weighted by Crippen LogP contribution is 2.45. The van der Waals surface area contributed by atoms with Crippen molar-refractivity contribution in [3.8, 4) is 40.5 Å². The van der Waals surface area contributed by atoms with Gasteiger partial charge in [-0.15, -0.1) is 0 Å². The molecule has 0 atom stereocenters. The molecule has 0 unspecified atom stereocenters. The Morgan fingerprint density at radius 2 is 0.929 bits per heavy atom. The van der Waals surface area contributed by atoms with Crippen LogP contribution in [0.5, 0.6) is 17.2 Å². The van der Waals surface area contributed by atoms with Crippen molar-refractivity contribution in [3.63, 3.8) is 0 Å². The molecule has 11 rings (SSSR count). The second-order valence-electron chi connectivity index (χ2n) is 18.4. The fraction of sp³-hybridized carbons (Fsp3) is 0.153. The van der Waals surface area contributed by atoms with Gasteiger partial charge in [-0.3, -0.25) is 17.6 Å². The van der Waals surface area contributed by atoms with E-state index < -0.39 is 37.7 Å². The molecular formula is C59H56BBr3N8O11S3. The average Bonchev–Trinajstić information content (AvgIpc) is 1.76. The molecule has 0 amide bonds. The van der Waals surface area contributed by atoms with E-state index in [1.54, 1.807) is 84.0 Å². The van der Waals surface area contributed by atoms with Crippen LogP contribution in [0.15, 0.2) is 185 Å². The lowest BCUT2D eigenvalue weighted by Gasteiger charge is -2.19. The van der Waals surface area contributed by atoms with Crippen LogP contribution in [0.2, 0.25) is 0 Å². The summed E-state index contributed by atoms with van der Waals surface area (Å²) >= 11 is 10.0. The second-order valence-corrected chi connectivity index (χ2v) is 26.3. The predicted molar refractivity (Wildman–Crippen MR) is 345 cm³/mol. The first-order valence-corrected chi connectivity index (χ1v) is 32.3. The topological polar surface area (TPSA) is 246 Å². The van der Waals surface area contributed by atoms with Crippen LogP contribution in [0.3, 0.4) is 0 Å². The van der Waals surface area contributed by atoms with Crippen LogP contribution >= 0.6 is 47.8 Å². The molecule has 19 nitrogen and oxygen atoms in total. The lowest BCUT2D eigenvalue weighted by Crippen LogP contribution is -2.35. The highest BCUT2D eigenvalue weighted by Gasteiger charge is 2.39. The van der Waals surface area contributed by atoms with E-state index in [-0.39, 0.29) is 18.6 Å². The maximum atomic E-state index is 13.0. The molecule has 8 aromatic carbocycles. The van der Waals surface area contributed by atoms with Crippen LogP contribution in [-0.2, 0) is 49.0 Å². The van der Waals surface area contributed by atoms with Gasteiger partial charge < -0.3 is 24.3 Å². The number of nitrogens with zero attached hydrogens (tertiary/aromatic N) is 7. The monoisotopic (exact) mass is 1400 g/mol. The molecule has 0 fully saturated rings. The van der Waals surface area contributed by atoms with Gasteiger partial charge in [-0.05, 0) is 130 Å². The number of fused-ring (bicyclic) bond motifs is 3. The summed E-state index contributed by atoms with van der Waals surface area (Å²) in [5, 5.41) is 36.3. The quantitative estimate of drug-likeness (QED) is 0.0853. The average molecular weight is 1400 g/mol. The lowest BCUT2D eigenvalue weighted by molar-refractivity contribution is 0.414. The summed E-state index contributed by atoms with van der Waals surface area (Å²) in [4.78, 5) is 0. The zero-order chi connectivity index (χ0) is 61.8. The summed E-state index contributed by atoms with van der Waals surface area (Å²) < 4.78 is 99.9. The molecule has 26 heteroatoms. The number of alkyl halides is 1. The van der Waals surface area contributed by atoms with Crippen LogP contribution in [0.4, 0.5) is 34.1 Å². The number of nitriles is 2. The van der Waals surface area contributed by atoms with Crippen molar-refractivity contribution >= 4 is 125 Å². The molecule has 8 aromatic rings. The third kappa shape index (κ3) is 15.2. The van der Waals surface area contributed by atoms with Crippen molar-refractivity contribution in [2.75, 3.05) is 68.7 Å². The van der Waals surface area contributed by atoms with Gasteiger partial charge >= 0.3 is 37.7 Å². The predicted octanol–water partition coefficient (Wildman–Crippen LogP) is 10.5. The van der Waals surface area contributed by atoms with Gasteiger partial charge in [0, 0.05) is 35.4 Å². The third-order valence-electron chi connectivity index (χ3n) is 13.3. The molecule has 0 saturated heterocycles. The number of hydrogen-bond donors (Lipinski definition) is 3. The minimum Gasteiger partial charge on any atom is -0.497 e. The van der Waals surface area contributed by atoms with Crippen LogP contribution < -0.4 is 45.9 Å². The molecule has 0 radical (unpaired) electrons. The van der Waals surface area contributed by atoms with E-state index in [2.05, 4.69) is 58.6 Å². The minimum absolute atomic E-state index is 0.220. The third-order valence-corrected chi connectivity index (χ3v) is 19.9. The zero-order valence-electron chi connectivity index (χ0n) is 46.5. The summed E-state index contributed by atoms with van der Waals surface area (Å²) in [5.41, 5.74) is 9.51. The number of rotatable bonds is 10. The van der Waals surface area contributed by atoms with Crippen LogP contribution in [-0.4, -0.2) is 84.9 Å². The molecule has 3 aliphatic heterocycles. The summed E-state index contributed by atoms with van der Waals surface area (Å²) in [5.74, 6) is 2.37. The first-order valence-electron chi connectivity index (χ1n) is 25.3. The smallest absolute Gasteiger partial charge is 0.489 e. The summed E-state index contributed by atoms with van der Waals surface area (Å²) in [6, 6.07) is 56.6. The molecule has 3 aliphatic rings. The van der Waals surface area contributed by atoms with E-state index in [4.69, 9.17) is 29.5 Å². The molecular weight excluding hydrogens is 1340 g/mol. The van der Waals surface area contributed by atoms with Crippen LogP contribution in [0.1, 0.15) is 27.8 Å². The van der Waals surface area contributed by atoms with Gasteiger partial charge in [0.2, 0.25) is 0 Å². The molecule has 0 saturated carbocycles. The fourth-order valence-electron chi connectivity index (χ4n) is 8.59. The summed E-state index contributed by atoms with van der Waals surface area (Å²) in [7, 11) is -2.64. The van der Waals surface area contributed by atoms with E-state index in [0.29, 0.717) is 45.3 Å². The zero-order valence-corrected chi connectivity index (χ0v) is 53.7. The van der Waals surface area contributed by atoms with E-state index in [1.165, 1.54) is 46.3 Å². The molecule has 3 heterocycles. The first-order chi connectivity index (χ1) is 40.5. The Hall–Kier alpha value is -7.79. The summed E-state index contributed by atoms with van der Waals surface area (Å²) in [6.07, 6.45) is 0. The van der Waals surface area contributed by atoms with Gasteiger partial charge in [0.15, 0.2) is 0 Å². The molecule has 0 bridgehead atoms. The number of anilines is 6. The number of methoxy groups -OCH3 is 3. The number of benzene rings is 8. The van der Waals surface area contributed by atoms with Crippen molar-refractivity contribution in [1.82, 2.24) is 0 Å². The molecule has 440 valence electrons. The number of halogens is 3. The Labute approximate surface area is 521 Å². The van der Waals surface area contributed by atoms with Gasteiger partial charge in [0.25, 0.3) is 0 Å². The van der Waals surface area contributed by atoms with E-state index in [9.17, 15) is 30.5 Å². The molecule has 85 heavy (non-hydrogen) atoms. The Kier molecular flexibility index (Phi) is 21.6. The van der Waals surface area contributed by atoms with Crippen molar-refractivity contribution < 1.29 is 49.5 Å². The maximum Gasteiger partial charge on any atom is 0.489 e. The van der Waals surface area contributed by atoms with Crippen LogP contribution in [0.25, 0.3) is 11.1 Å². The lowest BCUT2D eigenvalue weighted by atomic mass is 9.77. The first kappa shape index (κ1) is 64.8. The molecule has 3 N–H and O–H groups in total. The van der Waals surface area contributed by atoms with Gasteiger partial charge in [-0.2, -0.15) is 35.8 Å². The Morgan fingerprint density at radius 1 is 0.506 bits per heavy atom. The van der Waals surface area contributed by atoms with E-state index in [0.717, 1.165) is 53.8 Å². The second kappa shape index (κ2) is 28.4. The Balaban J connectivity index is 0.000000163. The molecule has 0 spiro atoms. The van der Waals surface area contributed by atoms with Crippen LogP contribution in [0, 0.1) is 22.7 Å². The number of nitrogens with one attached hydrogen (secondary N) is 1. The Bertz CT molecular complexity index is 4080. The minimum atomic E-state index is -3.68. The normalized spacial score (nSPS) is 14.0. The van der Waals surface area contributed by atoms with Crippen molar-refractivity contribution in [2.24, 2.45) is 0 Å². The van der Waals surface area contributed by atoms with Gasteiger partial charge in [-0.1, -0.05) is 127 Å². The highest BCUT2D eigenvalue weighted by molar-refractivity contribution is 9.10. The number of ether oxygens (including phenoxy) is 3. The van der Waals surface area contributed by atoms with Gasteiger partial charge in [0.1, 0.15) is 17.2 Å². The Morgan fingerprint density at radius 3 is 1.39 bits per heavy atom. The molecule has 0 aliphatic carbocycles. The summed E-state index contributed by atoms with van der Waals surface area (Å²) in [6.45, 7) is 0.503. The van der Waals surface area contributed by atoms with Crippen molar-refractivity contribution in [1.29, 1.82) is 10.5 Å². The SMILES string of the molecule is CN1c2cc(Br)ccc2NS1(=O)=O.COc1ccc(CBr)cc1.COc1ccc(CN2c3ccc(-c4ccccc4C#N)cc3N(C)S2(=O)=O)cc1.COc1ccc(CN2c3ccc(Br)cc3N(C)S2(=O)=O)cc1.N#Cc1ccccc1B(O)O. The van der Waals surface area contributed by atoms with Gasteiger partial charge in [-0.25, -0.2) is 8.61 Å². The maximum absolute atomic E-state index is 13.0. The number of hydrogen-bond acceptors (Lipinski definition) is 13. The van der Waals surface area contributed by atoms with Gasteiger partial charge in [0.05, 0.1) is 91.8 Å². The molecule has 0 aromatic heterocycles. The standard InChI is InChI=1S/C22H19N3O3S.C15H15BrN2O3S.C8H9BrO.C7H6BNO2.C7H7BrN2O2S/c1-24-22-13-17(20-6-4-3-5-18(20)14-23)9-12-21(22)25(29(24,26)27)15-16-7-10-19(28-2)11-8-16;1-17-15-9-12(16)5-8-14(15)18(22(17,19)20)10-11-3-6-13(21-2)7-4-11;1-10-8-4-2-7(6-9)3-5-8;9-5-6-3-1-2-4-7(6)8(10)11;1-10-7-4-5(8)2-3-6(7)9-13(10,11)12/h3-13H,15H2,1-2H3;3-9H,10H2,1-2H3;2-5H,6H2,1H3;1-4,10-11H;2-4,9H,1H3. The highest BCUT2D eigenvalue weighted by atomic mass is 79.9. The van der Waals surface area contributed by atoms with Crippen molar-refractivity contribution in [3.05, 3.63) is 213 Å². The largest absolute Gasteiger partial charge is 0.497 e. The van der Waals surface area contributed by atoms with E-state index in [1.807, 2.05) is 121 Å². The fourth-order valence-corrected chi connectivity index (χ4v) is 13.5. The van der Waals surface area contributed by atoms with E-state index >= 15 is 0 Å². The van der Waals surface area contributed by atoms with Crippen molar-refractivity contribution in [2.45, 2.75) is 18.4 Å².